The number of benzene rings is 1. The summed E-state index contributed by atoms with van der Waals surface area (Å²) >= 11 is 0. The highest BCUT2D eigenvalue weighted by molar-refractivity contribution is 6.11. The van der Waals surface area contributed by atoms with Gasteiger partial charge in [-0.3, -0.25) is 9.59 Å². The zero-order valence-electron chi connectivity index (χ0n) is 8.62. The van der Waals surface area contributed by atoms with Gasteiger partial charge in [0.25, 0.3) is 0 Å². The normalized spacial score (nSPS) is 21.0. The van der Waals surface area contributed by atoms with Crippen molar-refractivity contribution in [2.75, 3.05) is 5.73 Å². The van der Waals surface area contributed by atoms with Crippen LogP contribution in [0.1, 0.15) is 40.5 Å². The van der Waals surface area contributed by atoms with Crippen LogP contribution in [0.2, 0.25) is 0 Å². The summed E-state index contributed by atoms with van der Waals surface area (Å²) < 4.78 is 0. The zero-order valence-corrected chi connectivity index (χ0v) is 8.62. The van der Waals surface area contributed by atoms with Crippen LogP contribution in [-0.2, 0) is 0 Å². The van der Waals surface area contributed by atoms with E-state index >= 15 is 0 Å². The Morgan fingerprint density at radius 2 is 1.73 bits per heavy atom. The summed E-state index contributed by atoms with van der Waals surface area (Å²) in [5.41, 5.74) is 7.16. The van der Waals surface area contributed by atoms with E-state index in [4.69, 9.17) is 5.73 Å². The second kappa shape index (κ2) is 3.50. The van der Waals surface area contributed by atoms with Crippen LogP contribution in [0.25, 0.3) is 0 Å². The molecule has 0 bridgehead atoms. The molecule has 1 aliphatic carbocycles. The molecule has 2 rings (SSSR count). The lowest BCUT2D eigenvalue weighted by atomic mass is 10.0. The Kier molecular flexibility index (Phi) is 2.31. The average molecular weight is 203 g/mol. The molecule has 0 saturated carbocycles. The SMILES string of the molecule is CC1CC(=O)c2ccc(N)cc2C(=O)C1. The maximum Gasteiger partial charge on any atom is 0.163 e. The number of nitrogens with two attached hydrogens (primary N) is 1. The van der Waals surface area contributed by atoms with Crippen LogP contribution in [0.15, 0.2) is 18.2 Å². The first-order valence-corrected chi connectivity index (χ1v) is 5.04. The van der Waals surface area contributed by atoms with Gasteiger partial charge in [-0.15, -0.1) is 0 Å². The molecular formula is C12H13NO2. The smallest absolute Gasteiger partial charge is 0.163 e. The van der Waals surface area contributed by atoms with Crippen LogP contribution in [0, 0.1) is 5.92 Å². The molecule has 78 valence electrons. The molecule has 3 heteroatoms. The van der Waals surface area contributed by atoms with Crippen LogP contribution in [0.5, 0.6) is 0 Å². The van der Waals surface area contributed by atoms with E-state index in [9.17, 15) is 9.59 Å². The second-order valence-corrected chi connectivity index (χ2v) is 4.16. The summed E-state index contributed by atoms with van der Waals surface area (Å²) in [4.78, 5) is 23.6. The Morgan fingerprint density at radius 3 is 2.40 bits per heavy atom. The molecule has 1 aromatic rings. The molecule has 1 atom stereocenters. The molecule has 15 heavy (non-hydrogen) atoms. The first kappa shape index (κ1) is 9.90. The van der Waals surface area contributed by atoms with E-state index < -0.39 is 0 Å². The number of hydrogen-bond donors (Lipinski definition) is 1. The highest BCUT2D eigenvalue weighted by Gasteiger charge is 2.25. The van der Waals surface area contributed by atoms with E-state index in [0.29, 0.717) is 29.7 Å². The zero-order chi connectivity index (χ0) is 11.0. The molecule has 0 heterocycles. The van der Waals surface area contributed by atoms with Crippen LogP contribution in [-0.4, -0.2) is 11.6 Å². The van der Waals surface area contributed by atoms with Gasteiger partial charge in [0, 0.05) is 29.7 Å². The predicted octanol–water partition coefficient (Wildman–Crippen LogP) is 2.06. The number of nitrogen functional groups attached to an aromatic ring is 1. The molecule has 2 N–H and O–H groups in total. The van der Waals surface area contributed by atoms with E-state index in [1.807, 2.05) is 6.92 Å². The third-order valence-corrected chi connectivity index (χ3v) is 2.71. The van der Waals surface area contributed by atoms with Crippen LogP contribution >= 0.6 is 0 Å². The van der Waals surface area contributed by atoms with Crippen molar-refractivity contribution in [2.24, 2.45) is 5.92 Å². The maximum atomic E-state index is 11.8. The van der Waals surface area contributed by atoms with Gasteiger partial charge in [-0.1, -0.05) is 6.92 Å². The van der Waals surface area contributed by atoms with Gasteiger partial charge in [-0.25, -0.2) is 0 Å². The van der Waals surface area contributed by atoms with Crippen LogP contribution < -0.4 is 5.73 Å². The fourth-order valence-electron chi connectivity index (χ4n) is 1.96. The number of anilines is 1. The highest BCUT2D eigenvalue weighted by Crippen LogP contribution is 2.25. The molecular weight excluding hydrogens is 190 g/mol. The van der Waals surface area contributed by atoms with E-state index in [1.54, 1.807) is 18.2 Å². The van der Waals surface area contributed by atoms with Gasteiger partial charge in [0.1, 0.15) is 0 Å². The number of hydrogen-bond acceptors (Lipinski definition) is 3. The summed E-state index contributed by atoms with van der Waals surface area (Å²) in [7, 11) is 0. The van der Waals surface area contributed by atoms with Gasteiger partial charge >= 0.3 is 0 Å². The summed E-state index contributed by atoms with van der Waals surface area (Å²) in [5, 5.41) is 0. The first-order valence-electron chi connectivity index (χ1n) is 5.04. The monoisotopic (exact) mass is 203 g/mol. The van der Waals surface area contributed by atoms with Gasteiger partial charge in [0.2, 0.25) is 0 Å². The highest BCUT2D eigenvalue weighted by atomic mass is 16.1. The Bertz CT molecular complexity index is 437. The Hall–Kier alpha value is -1.64. The van der Waals surface area contributed by atoms with Gasteiger partial charge in [-0.05, 0) is 24.1 Å². The van der Waals surface area contributed by atoms with E-state index in [1.165, 1.54) is 0 Å². The molecule has 1 unspecified atom stereocenters. The van der Waals surface area contributed by atoms with Gasteiger partial charge in [0.15, 0.2) is 11.6 Å². The van der Waals surface area contributed by atoms with Crippen molar-refractivity contribution in [3.8, 4) is 0 Å². The molecule has 0 aliphatic heterocycles. The molecule has 0 radical (unpaired) electrons. The minimum atomic E-state index is 0.0238. The van der Waals surface area contributed by atoms with Crippen molar-refractivity contribution in [3.05, 3.63) is 29.3 Å². The minimum Gasteiger partial charge on any atom is -0.399 e. The standard InChI is InChI=1S/C12H13NO2/c1-7-4-11(14)9-3-2-8(13)6-10(9)12(15)5-7/h2-3,6-7H,4-5,13H2,1H3. The minimum absolute atomic E-state index is 0.0238. The van der Waals surface area contributed by atoms with E-state index in [2.05, 4.69) is 0 Å². The van der Waals surface area contributed by atoms with Gasteiger partial charge in [-0.2, -0.15) is 0 Å². The topological polar surface area (TPSA) is 60.2 Å². The Morgan fingerprint density at radius 1 is 1.13 bits per heavy atom. The molecule has 0 fully saturated rings. The van der Waals surface area contributed by atoms with Crippen molar-refractivity contribution in [3.63, 3.8) is 0 Å². The van der Waals surface area contributed by atoms with E-state index in [-0.39, 0.29) is 17.5 Å². The summed E-state index contributed by atoms with van der Waals surface area (Å²) in [6.07, 6.45) is 0.880. The number of ketones is 2. The summed E-state index contributed by atoms with van der Waals surface area (Å²) in [6.45, 7) is 1.92. The Labute approximate surface area is 88.3 Å². The van der Waals surface area contributed by atoms with Crippen molar-refractivity contribution < 1.29 is 9.59 Å². The predicted molar refractivity (Wildman–Crippen MR) is 57.9 cm³/mol. The Balaban J connectivity index is 2.56. The number of rotatable bonds is 0. The van der Waals surface area contributed by atoms with Crippen molar-refractivity contribution in [2.45, 2.75) is 19.8 Å². The molecule has 1 aliphatic rings. The van der Waals surface area contributed by atoms with Crippen LogP contribution in [0.3, 0.4) is 0 Å². The lowest BCUT2D eigenvalue weighted by Crippen LogP contribution is -2.04. The van der Waals surface area contributed by atoms with E-state index in [0.717, 1.165) is 0 Å². The van der Waals surface area contributed by atoms with Crippen LogP contribution in [0.4, 0.5) is 5.69 Å². The lowest BCUT2D eigenvalue weighted by Gasteiger charge is -2.03. The summed E-state index contributed by atoms with van der Waals surface area (Å²) in [6, 6.07) is 4.93. The molecule has 0 saturated heterocycles. The number of carbonyl (C=O) groups is 2. The number of carbonyl (C=O) groups excluding carboxylic acids is 2. The molecule has 0 spiro atoms. The third kappa shape index (κ3) is 1.77. The average Bonchev–Trinajstić information content (AvgIpc) is 2.25. The second-order valence-electron chi connectivity index (χ2n) is 4.16. The third-order valence-electron chi connectivity index (χ3n) is 2.71. The van der Waals surface area contributed by atoms with Crippen molar-refractivity contribution in [1.82, 2.24) is 0 Å². The summed E-state index contributed by atoms with van der Waals surface area (Å²) in [5.74, 6) is 0.192. The van der Waals surface area contributed by atoms with Crippen molar-refractivity contribution >= 4 is 17.3 Å². The fraction of sp³-hybridized carbons (Fsp3) is 0.333. The fourth-order valence-corrected chi connectivity index (χ4v) is 1.96. The molecule has 0 amide bonds. The number of fused-ring (bicyclic) bond motifs is 1. The first-order chi connectivity index (χ1) is 7.08. The molecule has 1 aromatic carbocycles. The van der Waals surface area contributed by atoms with Gasteiger partial charge in [0.05, 0.1) is 0 Å². The maximum absolute atomic E-state index is 11.8. The number of Topliss-reactive ketones (excluding diaryl/α,β-unsaturated/α-hetero) is 2. The lowest BCUT2D eigenvalue weighted by molar-refractivity contribution is 0.0955. The molecule has 3 nitrogen and oxygen atoms in total. The quantitative estimate of drug-likeness (QED) is 0.518. The van der Waals surface area contributed by atoms with Gasteiger partial charge < -0.3 is 5.73 Å². The largest absolute Gasteiger partial charge is 0.399 e. The van der Waals surface area contributed by atoms with Crippen molar-refractivity contribution in [1.29, 1.82) is 0 Å². The molecule has 0 aromatic heterocycles.